The zero-order valence-electron chi connectivity index (χ0n) is 14.6. The second-order valence-electron chi connectivity index (χ2n) is 6.74. The molecule has 0 saturated heterocycles. The van der Waals surface area contributed by atoms with Gasteiger partial charge in [-0.2, -0.15) is 0 Å². The first kappa shape index (κ1) is 17.0. The Morgan fingerprint density at radius 3 is 2.37 bits per heavy atom. The van der Waals surface area contributed by atoms with Crippen LogP contribution in [0.2, 0.25) is 0 Å². The number of aromatic nitrogens is 3. The van der Waals surface area contributed by atoms with Crippen LogP contribution in [0.3, 0.4) is 0 Å². The van der Waals surface area contributed by atoms with Gasteiger partial charge in [0.25, 0.3) is 0 Å². The second kappa shape index (κ2) is 6.68. The molecule has 0 unspecified atom stereocenters. The number of hydrogen-bond donors (Lipinski definition) is 3. The highest BCUT2D eigenvalue weighted by Gasteiger charge is 2.45. The quantitative estimate of drug-likeness (QED) is 0.660. The number of hydrogen-bond acceptors (Lipinski definition) is 5. The van der Waals surface area contributed by atoms with Gasteiger partial charge < -0.3 is 16.0 Å². The van der Waals surface area contributed by atoms with Crippen LogP contribution in [0.15, 0.2) is 59.8 Å². The molecule has 27 heavy (non-hydrogen) atoms. The maximum Gasteiger partial charge on any atom is 0.249 e. The summed E-state index contributed by atoms with van der Waals surface area (Å²) in [5, 5.41) is 2.88. The van der Waals surface area contributed by atoms with Crippen molar-refractivity contribution >= 4 is 17.5 Å². The Bertz CT molecular complexity index is 1020. The van der Waals surface area contributed by atoms with Gasteiger partial charge in [0.2, 0.25) is 17.4 Å². The molecule has 1 saturated carbocycles. The number of pyridine rings is 1. The number of nitrogen functional groups attached to an aromatic ring is 1. The number of nitrogens with two attached hydrogens (primary N) is 1. The van der Waals surface area contributed by atoms with E-state index in [0.29, 0.717) is 5.69 Å². The summed E-state index contributed by atoms with van der Waals surface area (Å²) in [4.78, 5) is 35.0. The molecule has 4 N–H and O–H groups in total. The lowest BCUT2D eigenvalue weighted by molar-refractivity contribution is -0.124. The van der Waals surface area contributed by atoms with Crippen LogP contribution in [0, 0.1) is 0 Å². The Morgan fingerprint density at radius 2 is 1.78 bits per heavy atom. The summed E-state index contributed by atoms with van der Waals surface area (Å²) < 4.78 is 0. The summed E-state index contributed by atoms with van der Waals surface area (Å²) in [6, 6.07) is 10.9. The minimum Gasteiger partial charge on any atom is -0.368 e. The minimum atomic E-state index is -0.557. The number of nitrogens with one attached hydrogen (secondary N) is 2. The SMILES string of the molecule is Nc1ncc(-c2ccc(C3(C(=O)Nc4cc[nH]c(=O)c4)CCC3)cc2)cn1. The fourth-order valence-corrected chi connectivity index (χ4v) is 3.42. The highest BCUT2D eigenvalue weighted by atomic mass is 16.2. The monoisotopic (exact) mass is 361 g/mol. The third-order valence-electron chi connectivity index (χ3n) is 5.12. The largest absolute Gasteiger partial charge is 0.368 e. The summed E-state index contributed by atoms with van der Waals surface area (Å²) >= 11 is 0. The number of carbonyl (C=O) groups is 1. The number of H-pyrrole nitrogens is 1. The normalized spacial score (nSPS) is 15.0. The smallest absolute Gasteiger partial charge is 0.249 e. The molecular formula is C20H19N5O2. The van der Waals surface area contributed by atoms with Crippen molar-refractivity contribution in [2.24, 2.45) is 0 Å². The second-order valence-corrected chi connectivity index (χ2v) is 6.74. The molecule has 7 nitrogen and oxygen atoms in total. The fraction of sp³-hybridized carbons (Fsp3) is 0.200. The van der Waals surface area contributed by atoms with E-state index in [-0.39, 0.29) is 17.4 Å². The molecule has 1 aromatic carbocycles. The zero-order valence-corrected chi connectivity index (χ0v) is 14.6. The number of anilines is 2. The fourth-order valence-electron chi connectivity index (χ4n) is 3.42. The van der Waals surface area contributed by atoms with Crippen molar-refractivity contribution in [3.8, 4) is 11.1 Å². The van der Waals surface area contributed by atoms with E-state index in [1.54, 1.807) is 18.5 Å². The Kier molecular flexibility index (Phi) is 4.19. The van der Waals surface area contributed by atoms with Gasteiger partial charge in [-0.1, -0.05) is 30.7 Å². The van der Waals surface area contributed by atoms with Crippen LogP contribution in [-0.4, -0.2) is 20.9 Å². The van der Waals surface area contributed by atoms with Gasteiger partial charge in [-0.05, 0) is 30.0 Å². The number of nitrogens with zero attached hydrogens (tertiary/aromatic N) is 2. The minimum absolute atomic E-state index is 0.0806. The molecule has 2 aromatic heterocycles. The van der Waals surface area contributed by atoms with Crippen molar-refractivity contribution in [1.29, 1.82) is 0 Å². The third-order valence-corrected chi connectivity index (χ3v) is 5.12. The first-order chi connectivity index (χ1) is 13.1. The van der Waals surface area contributed by atoms with Gasteiger partial charge in [0.05, 0.1) is 5.41 Å². The molecule has 0 spiro atoms. The first-order valence-corrected chi connectivity index (χ1v) is 8.75. The average Bonchev–Trinajstić information content (AvgIpc) is 2.62. The van der Waals surface area contributed by atoms with E-state index in [1.165, 1.54) is 12.3 Å². The molecule has 136 valence electrons. The van der Waals surface area contributed by atoms with E-state index in [2.05, 4.69) is 20.3 Å². The zero-order chi connectivity index (χ0) is 18.9. The van der Waals surface area contributed by atoms with Crippen LogP contribution in [0.1, 0.15) is 24.8 Å². The highest BCUT2D eigenvalue weighted by molar-refractivity contribution is 6.00. The van der Waals surface area contributed by atoms with Crippen molar-refractivity contribution in [2.45, 2.75) is 24.7 Å². The van der Waals surface area contributed by atoms with Gasteiger partial charge in [0, 0.05) is 35.9 Å². The molecule has 0 atom stereocenters. The van der Waals surface area contributed by atoms with Crippen molar-refractivity contribution < 1.29 is 4.79 Å². The molecule has 1 aliphatic carbocycles. The van der Waals surface area contributed by atoms with E-state index in [4.69, 9.17) is 5.73 Å². The standard InChI is InChI=1S/C20H19N5O2/c21-19-23-11-14(12-24-19)13-2-4-15(5-3-13)20(7-1-8-20)18(27)25-16-6-9-22-17(26)10-16/h2-6,9-12H,1,7-8H2,(H2,21,23,24)(H2,22,25,26,27). The predicted octanol–water partition coefficient (Wildman–Crippen LogP) is 2.47. The summed E-state index contributed by atoms with van der Waals surface area (Å²) in [6.45, 7) is 0. The van der Waals surface area contributed by atoms with Gasteiger partial charge in [-0.25, -0.2) is 9.97 Å². The van der Waals surface area contributed by atoms with E-state index >= 15 is 0 Å². The van der Waals surface area contributed by atoms with E-state index in [0.717, 1.165) is 36.0 Å². The molecule has 4 rings (SSSR count). The molecule has 7 heteroatoms. The van der Waals surface area contributed by atoms with Crippen molar-refractivity contribution in [1.82, 2.24) is 15.0 Å². The van der Waals surface area contributed by atoms with Gasteiger partial charge in [0.15, 0.2) is 0 Å². The van der Waals surface area contributed by atoms with E-state index in [1.807, 2.05) is 24.3 Å². The van der Waals surface area contributed by atoms with Crippen LogP contribution in [0.25, 0.3) is 11.1 Å². The Balaban J connectivity index is 1.59. The average molecular weight is 361 g/mol. The lowest BCUT2D eigenvalue weighted by atomic mass is 9.63. The van der Waals surface area contributed by atoms with E-state index < -0.39 is 5.41 Å². The number of carbonyl (C=O) groups excluding carboxylic acids is 1. The molecule has 2 heterocycles. The van der Waals surface area contributed by atoms with Crippen LogP contribution in [-0.2, 0) is 10.2 Å². The topological polar surface area (TPSA) is 114 Å². The van der Waals surface area contributed by atoms with Crippen LogP contribution in [0.5, 0.6) is 0 Å². The molecule has 0 radical (unpaired) electrons. The molecular weight excluding hydrogens is 342 g/mol. The number of benzene rings is 1. The first-order valence-electron chi connectivity index (χ1n) is 8.75. The summed E-state index contributed by atoms with van der Waals surface area (Å²) in [7, 11) is 0. The maximum atomic E-state index is 13.0. The molecule has 0 bridgehead atoms. The van der Waals surface area contributed by atoms with Crippen LogP contribution >= 0.6 is 0 Å². The van der Waals surface area contributed by atoms with Crippen molar-refractivity contribution in [3.05, 3.63) is 70.9 Å². The molecule has 1 fully saturated rings. The molecule has 0 aliphatic heterocycles. The molecule has 3 aromatic rings. The lowest BCUT2D eigenvalue weighted by Crippen LogP contribution is -2.46. The van der Waals surface area contributed by atoms with Gasteiger partial charge in [0.1, 0.15) is 0 Å². The van der Waals surface area contributed by atoms with Gasteiger partial charge in [-0.15, -0.1) is 0 Å². The van der Waals surface area contributed by atoms with Gasteiger partial charge >= 0.3 is 0 Å². The maximum absolute atomic E-state index is 13.0. The Labute approximate surface area is 155 Å². The van der Waals surface area contributed by atoms with Crippen LogP contribution in [0.4, 0.5) is 11.6 Å². The molecule has 1 amide bonds. The van der Waals surface area contributed by atoms with Crippen LogP contribution < -0.4 is 16.6 Å². The summed E-state index contributed by atoms with van der Waals surface area (Å²) in [5.41, 5.74) is 8.03. The predicted molar refractivity (Wildman–Crippen MR) is 103 cm³/mol. The Hall–Kier alpha value is -3.48. The van der Waals surface area contributed by atoms with Crippen molar-refractivity contribution in [2.75, 3.05) is 11.1 Å². The molecule has 1 aliphatic rings. The number of amides is 1. The Morgan fingerprint density at radius 1 is 1.07 bits per heavy atom. The van der Waals surface area contributed by atoms with Gasteiger partial charge in [-0.3, -0.25) is 9.59 Å². The third kappa shape index (κ3) is 3.19. The van der Waals surface area contributed by atoms with E-state index in [9.17, 15) is 9.59 Å². The summed E-state index contributed by atoms with van der Waals surface area (Å²) in [5.74, 6) is 0.156. The number of rotatable bonds is 4. The lowest BCUT2D eigenvalue weighted by Gasteiger charge is -2.40. The summed E-state index contributed by atoms with van der Waals surface area (Å²) in [6.07, 6.45) is 7.44. The van der Waals surface area contributed by atoms with Crippen molar-refractivity contribution in [3.63, 3.8) is 0 Å². The highest BCUT2D eigenvalue weighted by Crippen LogP contribution is 2.45. The number of aromatic amines is 1.